The molecule has 0 saturated heterocycles. The zero-order valence-electron chi connectivity index (χ0n) is 9.46. The summed E-state index contributed by atoms with van der Waals surface area (Å²) in [6, 6.07) is 9.15. The number of nitrogens with zero attached hydrogens (tertiary/aromatic N) is 6. The van der Waals surface area contributed by atoms with Crippen LogP contribution in [-0.4, -0.2) is 29.7 Å². The van der Waals surface area contributed by atoms with E-state index in [-0.39, 0.29) is 11.6 Å². The molecule has 1 aromatic carbocycles. The first kappa shape index (κ1) is 11.0. The van der Waals surface area contributed by atoms with Gasteiger partial charge in [0.15, 0.2) is 5.82 Å². The molecule has 94 valence electrons. The molecule has 9 nitrogen and oxygen atoms in total. The number of fused-ring (bicyclic) bond motifs is 1. The van der Waals surface area contributed by atoms with Crippen molar-refractivity contribution in [2.45, 2.75) is 0 Å². The van der Waals surface area contributed by atoms with Gasteiger partial charge in [0.1, 0.15) is 0 Å². The first-order valence-corrected chi connectivity index (χ1v) is 5.25. The zero-order chi connectivity index (χ0) is 13.4. The van der Waals surface area contributed by atoms with Crippen LogP contribution in [0.1, 0.15) is 0 Å². The van der Waals surface area contributed by atoms with Crippen molar-refractivity contribution in [3.63, 3.8) is 0 Å². The lowest BCUT2D eigenvalue weighted by Crippen LogP contribution is -2.07. The number of rotatable bonds is 2. The molecule has 3 rings (SSSR count). The zero-order valence-corrected chi connectivity index (χ0v) is 9.46. The molecule has 2 N–H and O–H groups in total. The third-order valence-corrected chi connectivity index (χ3v) is 2.49. The van der Waals surface area contributed by atoms with Gasteiger partial charge in [-0.2, -0.15) is 9.50 Å². The van der Waals surface area contributed by atoms with Crippen LogP contribution >= 0.6 is 0 Å². The molecule has 3 aromatic rings. The average Bonchev–Trinajstić information content (AvgIpc) is 2.85. The molecule has 2 heterocycles. The highest BCUT2D eigenvalue weighted by Gasteiger charge is 2.21. The van der Waals surface area contributed by atoms with Gasteiger partial charge in [-0.3, -0.25) is 0 Å². The predicted octanol–water partition coefficient (Wildman–Crippen LogP) is 0.677. The summed E-state index contributed by atoms with van der Waals surface area (Å²) in [5.74, 6) is -0.259. The van der Waals surface area contributed by atoms with E-state index in [0.29, 0.717) is 5.82 Å². The van der Waals surface area contributed by atoms with Gasteiger partial charge in [-0.05, 0) is 4.92 Å². The van der Waals surface area contributed by atoms with Gasteiger partial charge in [0, 0.05) is 10.7 Å². The lowest BCUT2D eigenvalue weighted by atomic mass is 10.2. The molecule has 0 bridgehead atoms. The fourth-order valence-electron chi connectivity index (χ4n) is 1.61. The van der Waals surface area contributed by atoms with E-state index in [9.17, 15) is 10.1 Å². The highest BCUT2D eigenvalue weighted by molar-refractivity contribution is 5.59. The second-order valence-corrected chi connectivity index (χ2v) is 3.68. The summed E-state index contributed by atoms with van der Waals surface area (Å²) in [4.78, 5) is 14.1. The van der Waals surface area contributed by atoms with Gasteiger partial charge in [-0.15, -0.1) is 5.10 Å². The van der Waals surface area contributed by atoms with Crippen LogP contribution in [0, 0.1) is 10.1 Å². The lowest BCUT2D eigenvalue weighted by molar-refractivity contribution is -0.389. The summed E-state index contributed by atoms with van der Waals surface area (Å²) in [6.45, 7) is 0. The molecule has 0 unspecified atom stereocenters. The van der Waals surface area contributed by atoms with Crippen LogP contribution in [0.5, 0.6) is 0 Å². The normalized spacial score (nSPS) is 10.7. The second kappa shape index (κ2) is 3.98. The van der Waals surface area contributed by atoms with E-state index in [1.807, 2.05) is 30.3 Å². The standard InChI is InChI=1S/C10H7N7O2/c11-7-9(17(18)19)13-14-10-12-8(15-16(7)10)6-4-2-1-3-5-6/h1-5H,11H2. The third-order valence-electron chi connectivity index (χ3n) is 2.49. The summed E-state index contributed by atoms with van der Waals surface area (Å²) < 4.78 is 1.10. The van der Waals surface area contributed by atoms with Crippen LogP contribution in [0.3, 0.4) is 0 Å². The largest absolute Gasteiger partial charge is 0.433 e. The van der Waals surface area contributed by atoms with Crippen LogP contribution in [0.2, 0.25) is 0 Å². The highest BCUT2D eigenvalue weighted by atomic mass is 16.6. The Morgan fingerprint density at radius 2 is 1.95 bits per heavy atom. The van der Waals surface area contributed by atoms with Crippen LogP contribution in [-0.2, 0) is 0 Å². The van der Waals surface area contributed by atoms with E-state index in [1.165, 1.54) is 0 Å². The first-order valence-electron chi connectivity index (χ1n) is 5.25. The predicted molar refractivity (Wildman–Crippen MR) is 65.1 cm³/mol. The van der Waals surface area contributed by atoms with E-state index in [0.717, 1.165) is 10.1 Å². The van der Waals surface area contributed by atoms with Crippen molar-refractivity contribution in [2.75, 3.05) is 5.73 Å². The maximum absolute atomic E-state index is 10.7. The maximum atomic E-state index is 10.7. The number of aromatic nitrogens is 5. The molecule has 0 fully saturated rings. The molecule has 19 heavy (non-hydrogen) atoms. The Bertz CT molecular complexity index is 768. The van der Waals surface area contributed by atoms with Gasteiger partial charge in [-0.1, -0.05) is 30.3 Å². The minimum atomic E-state index is -0.717. The molecule has 0 aliphatic rings. The molecule has 0 saturated carbocycles. The van der Waals surface area contributed by atoms with Crippen molar-refractivity contribution in [3.8, 4) is 11.4 Å². The van der Waals surface area contributed by atoms with Crippen molar-refractivity contribution >= 4 is 17.4 Å². The van der Waals surface area contributed by atoms with E-state index in [1.54, 1.807) is 0 Å². The summed E-state index contributed by atoms with van der Waals surface area (Å²) >= 11 is 0. The Morgan fingerprint density at radius 3 is 2.63 bits per heavy atom. The van der Waals surface area contributed by atoms with Crippen LogP contribution in [0.15, 0.2) is 30.3 Å². The summed E-state index contributed by atoms with van der Waals surface area (Å²) in [5, 5.41) is 21.8. The van der Waals surface area contributed by atoms with E-state index < -0.39 is 10.7 Å². The summed E-state index contributed by atoms with van der Waals surface area (Å²) in [5.41, 5.74) is 6.39. The molecule has 2 aromatic heterocycles. The second-order valence-electron chi connectivity index (χ2n) is 3.68. The van der Waals surface area contributed by atoms with Gasteiger partial charge < -0.3 is 15.8 Å². The number of nitro groups is 1. The quantitative estimate of drug-likeness (QED) is 0.528. The van der Waals surface area contributed by atoms with Crippen LogP contribution in [0.4, 0.5) is 11.6 Å². The van der Waals surface area contributed by atoms with Crippen molar-refractivity contribution in [1.29, 1.82) is 0 Å². The van der Waals surface area contributed by atoms with Crippen molar-refractivity contribution < 1.29 is 4.92 Å². The highest BCUT2D eigenvalue weighted by Crippen LogP contribution is 2.20. The first-order chi connectivity index (χ1) is 9.16. The smallest absolute Gasteiger partial charge is 0.376 e. The molecular weight excluding hydrogens is 250 g/mol. The molecule has 0 aliphatic carbocycles. The van der Waals surface area contributed by atoms with Gasteiger partial charge >= 0.3 is 5.82 Å². The molecular formula is C10H7N7O2. The Balaban J connectivity index is 2.22. The van der Waals surface area contributed by atoms with Crippen molar-refractivity contribution in [2.24, 2.45) is 0 Å². The number of nitrogens with two attached hydrogens (primary N) is 1. The Hall–Kier alpha value is -3.10. The third kappa shape index (κ3) is 1.73. The summed E-state index contributed by atoms with van der Waals surface area (Å²) in [6.07, 6.45) is 0. The minimum Gasteiger partial charge on any atom is -0.376 e. The fraction of sp³-hybridized carbons (Fsp3) is 0. The van der Waals surface area contributed by atoms with Gasteiger partial charge in [0.25, 0.3) is 5.78 Å². The molecule has 0 amide bonds. The molecule has 0 atom stereocenters. The van der Waals surface area contributed by atoms with Crippen molar-refractivity contribution in [1.82, 2.24) is 24.8 Å². The van der Waals surface area contributed by atoms with Crippen LogP contribution < -0.4 is 5.73 Å². The van der Waals surface area contributed by atoms with E-state index in [2.05, 4.69) is 20.3 Å². The fourth-order valence-corrected chi connectivity index (χ4v) is 1.61. The number of benzene rings is 1. The monoisotopic (exact) mass is 257 g/mol. The molecule has 0 radical (unpaired) electrons. The Kier molecular flexibility index (Phi) is 2.31. The lowest BCUT2D eigenvalue weighted by Gasteiger charge is -1.96. The number of anilines is 1. The Labute approximate surface area is 105 Å². The van der Waals surface area contributed by atoms with Gasteiger partial charge in [-0.25, -0.2) is 0 Å². The molecule has 0 aliphatic heterocycles. The minimum absolute atomic E-state index is 0.113. The number of hydrogen-bond acceptors (Lipinski definition) is 7. The summed E-state index contributed by atoms with van der Waals surface area (Å²) in [7, 11) is 0. The average molecular weight is 257 g/mol. The number of nitrogen functional groups attached to an aromatic ring is 1. The number of hydrogen-bond donors (Lipinski definition) is 1. The topological polar surface area (TPSA) is 125 Å². The SMILES string of the molecule is Nc1c([N+](=O)[O-])nnc2nc(-c3ccccc3)nn12. The van der Waals surface area contributed by atoms with Crippen molar-refractivity contribution in [3.05, 3.63) is 40.4 Å². The molecule has 0 spiro atoms. The van der Waals surface area contributed by atoms with E-state index in [4.69, 9.17) is 5.73 Å². The van der Waals surface area contributed by atoms with Gasteiger partial charge in [0.2, 0.25) is 5.82 Å². The molecule has 9 heteroatoms. The van der Waals surface area contributed by atoms with E-state index >= 15 is 0 Å². The Morgan fingerprint density at radius 1 is 1.21 bits per heavy atom. The van der Waals surface area contributed by atoms with Crippen LogP contribution in [0.25, 0.3) is 17.2 Å². The maximum Gasteiger partial charge on any atom is 0.433 e. The van der Waals surface area contributed by atoms with Gasteiger partial charge in [0.05, 0.1) is 5.10 Å².